The van der Waals surface area contributed by atoms with E-state index in [-0.39, 0.29) is 29.9 Å². The third-order valence-electron chi connectivity index (χ3n) is 4.74. The number of thiocarbonyl (C=S) groups is 1. The summed E-state index contributed by atoms with van der Waals surface area (Å²) in [6.45, 7) is 5.29. The van der Waals surface area contributed by atoms with Crippen molar-refractivity contribution < 1.29 is 23.5 Å². The van der Waals surface area contributed by atoms with Crippen LogP contribution in [0.2, 0.25) is 0 Å². The molecule has 10 heteroatoms. The van der Waals surface area contributed by atoms with Crippen LogP contribution < -0.4 is 20.9 Å². The molecule has 2 aromatic rings. The average Bonchev–Trinajstić information content (AvgIpc) is 3.41. The highest BCUT2D eigenvalue weighted by Gasteiger charge is 2.34. The zero-order valence-electron chi connectivity index (χ0n) is 17.9. The molecule has 0 radical (unpaired) electrons. The van der Waals surface area contributed by atoms with Gasteiger partial charge in [-0.25, -0.2) is 0 Å². The van der Waals surface area contributed by atoms with E-state index in [1.54, 1.807) is 41.3 Å². The number of furan rings is 1. The van der Waals surface area contributed by atoms with Crippen molar-refractivity contribution in [1.29, 1.82) is 0 Å². The summed E-state index contributed by atoms with van der Waals surface area (Å²) in [6, 6.07) is 10.2. The predicted octanol–water partition coefficient (Wildman–Crippen LogP) is 2.00. The molecule has 0 aliphatic carbocycles. The van der Waals surface area contributed by atoms with Gasteiger partial charge in [0.25, 0.3) is 5.91 Å². The first-order chi connectivity index (χ1) is 15.3. The molecule has 3 rings (SSSR count). The first-order valence-corrected chi connectivity index (χ1v) is 10.7. The molecule has 3 N–H and O–H groups in total. The second kappa shape index (κ2) is 10.8. The molecule has 2 heterocycles. The third-order valence-corrected chi connectivity index (χ3v) is 4.94. The van der Waals surface area contributed by atoms with E-state index in [2.05, 4.69) is 30.0 Å². The number of nitrogens with zero attached hydrogens (tertiary/aromatic N) is 1. The van der Waals surface area contributed by atoms with Crippen molar-refractivity contribution in [3.05, 3.63) is 54.0 Å². The second-order valence-corrected chi connectivity index (χ2v) is 8.29. The molecule has 1 atom stereocenters. The summed E-state index contributed by atoms with van der Waals surface area (Å²) >= 11 is 5.07. The molecule has 170 valence electrons. The normalized spacial score (nSPS) is 15.5. The van der Waals surface area contributed by atoms with Crippen LogP contribution >= 0.6 is 12.2 Å². The summed E-state index contributed by atoms with van der Waals surface area (Å²) in [4.78, 5) is 38.4. The lowest BCUT2D eigenvalue weighted by Gasteiger charge is -2.16. The maximum Gasteiger partial charge on any atom is 0.257 e. The van der Waals surface area contributed by atoms with Crippen molar-refractivity contribution in [3.8, 4) is 5.75 Å². The molecule has 3 amide bonds. The van der Waals surface area contributed by atoms with E-state index >= 15 is 0 Å². The fourth-order valence-electron chi connectivity index (χ4n) is 3.08. The van der Waals surface area contributed by atoms with Gasteiger partial charge >= 0.3 is 0 Å². The quantitative estimate of drug-likeness (QED) is 0.430. The van der Waals surface area contributed by atoms with Crippen molar-refractivity contribution in [2.45, 2.75) is 26.8 Å². The minimum Gasteiger partial charge on any atom is -0.493 e. The van der Waals surface area contributed by atoms with Gasteiger partial charge in [0.15, 0.2) is 5.11 Å². The van der Waals surface area contributed by atoms with E-state index in [1.165, 1.54) is 6.26 Å². The maximum atomic E-state index is 12.4. The van der Waals surface area contributed by atoms with E-state index in [1.807, 2.05) is 0 Å². The smallest absolute Gasteiger partial charge is 0.257 e. The second-order valence-electron chi connectivity index (χ2n) is 7.88. The Balaban J connectivity index is 1.41. The number of hydrogen-bond acceptors (Lipinski definition) is 6. The molecule has 1 fully saturated rings. The number of ether oxygens (including phenoxy) is 1. The molecule has 9 nitrogen and oxygen atoms in total. The number of nitrogens with one attached hydrogen (secondary N) is 3. The SMILES string of the molecule is CC(C)COc1ccc(C(=O)NC(=S)NNC(=O)C2CC(=O)N(Cc3ccco3)C2)cc1. The van der Waals surface area contributed by atoms with Gasteiger partial charge in [0.05, 0.1) is 25.3 Å². The number of carbonyl (C=O) groups excluding carboxylic acids is 3. The van der Waals surface area contributed by atoms with Gasteiger partial charge in [0.1, 0.15) is 11.5 Å². The number of hydrazine groups is 1. The maximum absolute atomic E-state index is 12.4. The number of carbonyl (C=O) groups is 3. The highest BCUT2D eigenvalue weighted by Crippen LogP contribution is 2.20. The van der Waals surface area contributed by atoms with Crippen molar-refractivity contribution in [2.75, 3.05) is 13.2 Å². The van der Waals surface area contributed by atoms with E-state index in [9.17, 15) is 14.4 Å². The molecular weight excluding hydrogens is 432 g/mol. The lowest BCUT2D eigenvalue weighted by molar-refractivity contribution is -0.129. The predicted molar refractivity (Wildman–Crippen MR) is 120 cm³/mol. The third kappa shape index (κ3) is 6.55. The summed E-state index contributed by atoms with van der Waals surface area (Å²) in [5.74, 6) is 0.269. The Morgan fingerprint density at radius 2 is 1.97 bits per heavy atom. The Bertz CT molecular complexity index is 959. The van der Waals surface area contributed by atoms with Crippen molar-refractivity contribution in [1.82, 2.24) is 21.1 Å². The molecule has 0 bridgehead atoms. The van der Waals surface area contributed by atoms with Crippen LogP contribution in [-0.2, 0) is 16.1 Å². The van der Waals surface area contributed by atoms with Gasteiger partial charge in [-0.1, -0.05) is 13.8 Å². The molecule has 1 aliphatic rings. The van der Waals surface area contributed by atoms with Crippen LogP contribution in [0.1, 0.15) is 36.4 Å². The minimum atomic E-state index is -0.526. The van der Waals surface area contributed by atoms with E-state index in [4.69, 9.17) is 21.4 Å². The molecule has 1 unspecified atom stereocenters. The number of benzene rings is 1. The van der Waals surface area contributed by atoms with Gasteiger partial charge < -0.3 is 14.1 Å². The standard InChI is InChI=1S/C22H26N4O5S/c1-14(2)13-31-17-7-5-15(6-8-17)20(28)23-22(32)25-24-21(29)16-10-19(27)26(11-16)12-18-4-3-9-30-18/h3-9,14,16H,10-13H2,1-2H3,(H,24,29)(H2,23,25,28,32). The van der Waals surface area contributed by atoms with Gasteiger partial charge in [0.2, 0.25) is 11.8 Å². The van der Waals surface area contributed by atoms with Crippen LogP contribution in [0.25, 0.3) is 0 Å². The van der Waals surface area contributed by atoms with Crippen LogP contribution in [-0.4, -0.2) is 40.9 Å². The van der Waals surface area contributed by atoms with Gasteiger partial charge in [0, 0.05) is 18.5 Å². The van der Waals surface area contributed by atoms with Crippen LogP contribution in [0.15, 0.2) is 47.1 Å². The Labute approximate surface area is 191 Å². The summed E-state index contributed by atoms with van der Waals surface area (Å²) < 4.78 is 10.8. The van der Waals surface area contributed by atoms with Gasteiger partial charge in [-0.3, -0.25) is 30.6 Å². The monoisotopic (exact) mass is 458 g/mol. The van der Waals surface area contributed by atoms with Gasteiger partial charge in [-0.15, -0.1) is 0 Å². The number of likely N-dealkylation sites (tertiary alicyclic amines) is 1. The molecular formula is C22H26N4O5S. The number of rotatable bonds is 7. The Kier molecular flexibility index (Phi) is 7.82. The number of amides is 3. The first-order valence-electron chi connectivity index (χ1n) is 10.3. The molecule has 1 aliphatic heterocycles. The largest absolute Gasteiger partial charge is 0.493 e. The van der Waals surface area contributed by atoms with Crippen molar-refractivity contribution >= 4 is 35.1 Å². The Morgan fingerprint density at radius 1 is 1.22 bits per heavy atom. The van der Waals surface area contributed by atoms with E-state index in [0.717, 1.165) is 0 Å². The molecule has 0 spiro atoms. The highest BCUT2D eigenvalue weighted by atomic mass is 32.1. The Hall–Kier alpha value is -3.40. The lowest BCUT2D eigenvalue weighted by atomic mass is 10.1. The van der Waals surface area contributed by atoms with Crippen molar-refractivity contribution in [2.24, 2.45) is 11.8 Å². The summed E-state index contributed by atoms with van der Waals surface area (Å²) in [5.41, 5.74) is 5.35. The zero-order valence-corrected chi connectivity index (χ0v) is 18.7. The van der Waals surface area contributed by atoms with E-state index in [0.29, 0.717) is 36.1 Å². The van der Waals surface area contributed by atoms with Crippen LogP contribution in [0.3, 0.4) is 0 Å². The van der Waals surface area contributed by atoms with Crippen LogP contribution in [0.5, 0.6) is 5.75 Å². The lowest BCUT2D eigenvalue weighted by Crippen LogP contribution is -2.50. The van der Waals surface area contributed by atoms with Crippen LogP contribution in [0.4, 0.5) is 0 Å². The highest BCUT2D eigenvalue weighted by molar-refractivity contribution is 7.80. The van der Waals surface area contributed by atoms with Crippen LogP contribution in [0, 0.1) is 11.8 Å². The molecule has 1 aromatic heterocycles. The fraction of sp³-hybridized carbons (Fsp3) is 0.364. The summed E-state index contributed by atoms with van der Waals surface area (Å²) in [6.07, 6.45) is 1.63. The molecule has 1 saturated heterocycles. The average molecular weight is 459 g/mol. The van der Waals surface area contributed by atoms with Crippen molar-refractivity contribution in [3.63, 3.8) is 0 Å². The minimum absolute atomic E-state index is 0.0553. The summed E-state index contributed by atoms with van der Waals surface area (Å²) in [7, 11) is 0. The molecule has 0 saturated carbocycles. The Morgan fingerprint density at radius 3 is 2.62 bits per heavy atom. The fourth-order valence-corrected chi connectivity index (χ4v) is 3.23. The van der Waals surface area contributed by atoms with Gasteiger partial charge in [-0.2, -0.15) is 0 Å². The van der Waals surface area contributed by atoms with Gasteiger partial charge in [-0.05, 0) is 54.5 Å². The molecule has 32 heavy (non-hydrogen) atoms. The summed E-state index contributed by atoms with van der Waals surface area (Å²) in [5, 5.41) is 2.44. The first kappa shape index (κ1) is 23.3. The number of hydrogen-bond donors (Lipinski definition) is 3. The zero-order chi connectivity index (χ0) is 23.1. The van der Waals surface area contributed by atoms with E-state index < -0.39 is 11.8 Å². The topological polar surface area (TPSA) is 113 Å². The molecule has 1 aromatic carbocycles.